The van der Waals surface area contributed by atoms with E-state index in [0.29, 0.717) is 5.76 Å². The van der Waals surface area contributed by atoms with Crippen molar-refractivity contribution in [3.63, 3.8) is 0 Å². The van der Waals surface area contributed by atoms with Crippen molar-refractivity contribution in [1.29, 1.82) is 0 Å². The van der Waals surface area contributed by atoms with Crippen LogP contribution in [0.2, 0.25) is 0 Å². The molecule has 0 bridgehead atoms. The molecule has 0 amide bonds. The molecule has 18 heavy (non-hydrogen) atoms. The molecule has 2 aromatic rings. The number of halogens is 2. The van der Waals surface area contributed by atoms with Gasteiger partial charge in [0.2, 0.25) is 0 Å². The summed E-state index contributed by atoms with van der Waals surface area (Å²) in [5.41, 5.74) is 1.91. The van der Waals surface area contributed by atoms with Crippen molar-refractivity contribution in [3.05, 3.63) is 55.9 Å². The van der Waals surface area contributed by atoms with Gasteiger partial charge in [-0.2, -0.15) is 0 Å². The van der Waals surface area contributed by atoms with E-state index in [2.05, 4.69) is 31.9 Å². The molecule has 0 radical (unpaired) electrons. The van der Waals surface area contributed by atoms with Crippen LogP contribution in [-0.4, -0.2) is 5.11 Å². The molecule has 0 aliphatic carbocycles. The Morgan fingerprint density at radius 2 is 1.94 bits per heavy atom. The van der Waals surface area contributed by atoms with Gasteiger partial charge in [0, 0.05) is 20.9 Å². The van der Waals surface area contributed by atoms with Crippen molar-refractivity contribution < 1.29 is 9.52 Å². The highest BCUT2D eigenvalue weighted by Crippen LogP contribution is 2.33. The number of benzene rings is 1. The topological polar surface area (TPSA) is 33.4 Å². The van der Waals surface area contributed by atoms with E-state index < -0.39 is 6.10 Å². The lowest BCUT2D eigenvalue weighted by atomic mass is 10.1. The van der Waals surface area contributed by atoms with Crippen LogP contribution < -0.4 is 0 Å². The Kier molecular flexibility index (Phi) is 4.30. The molecule has 2 rings (SSSR count). The molecule has 0 aliphatic heterocycles. The van der Waals surface area contributed by atoms with Crippen LogP contribution in [0, 0.1) is 6.92 Å². The van der Waals surface area contributed by atoms with Crippen molar-refractivity contribution in [1.82, 2.24) is 0 Å². The molecule has 4 heteroatoms. The van der Waals surface area contributed by atoms with Gasteiger partial charge in [-0.1, -0.05) is 38.8 Å². The zero-order valence-electron chi connectivity index (χ0n) is 10.2. The molecule has 0 aliphatic rings. The molecule has 1 aromatic carbocycles. The van der Waals surface area contributed by atoms with Crippen molar-refractivity contribution >= 4 is 31.9 Å². The smallest absolute Gasteiger partial charge is 0.138 e. The molecular formula is C14H14Br2O2. The second-order valence-corrected chi connectivity index (χ2v) is 5.89. The normalized spacial score (nSPS) is 12.7. The van der Waals surface area contributed by atoms with E-state index in [9.17, 15) is 5.11 Å². The summed E-state index contributed by atoms with van der Waals surface area (Å²) in [5, 5.41) is 10.4. The Hall–Kier alpha value is -0.580. The number of hydrogen-bond acceptors (Lipinski definition) is 2. The lowest BCUT2D eigenvalue weighted by Crippen LogP contribution is -2.00. The van der Waals surface area contributed by atoms with Crippen molar-refractivity contribution in [2.24, 2.45) is 0 Å². The van der Waals surface area contributed by atoms with Gasteiger partial charge in [0.1, 0.15) is 17.6 Å². The minimum Gasteiger partial charge on any atom is -0.463 e. The number of rotatable bonds is 3. The maximum absolute atomic E-state index is 10.4. The summed E-state index contributed by atoms with van der Waals surface area (Å²) in [7, 11) is 0. The summed E-state index contributed by atoms with van der Waals surface area (Å²) in [4.78, 5) is 0. The summed E-state index contributed by atoms with van der Waals surface area (Å²) in [5.74, 6) is 1.45. The fourth-order valence-electron chi connectivity index (χ4n) is 1.76. The van der Waals surface area contributed by atoms with Crippen LogP contribution in [0.1, 0.15) is 35.7 Å². The largest absolute Gasteiger partial charge is 0.463 e. The molecule has 1 N–H and O–H groups in total. The first-order chi connectivity index (χ1) is 8.52. The second-order valence-electron chi connectivity index (χ2n) is 4.18. The summed E-state index contributed by atoms with van der Waals surface area (Å²) >= 11 is 6.96. The average molecular weight is 374 g/mol. The van der Waals surface area contributed by atoms with E-state index >= 15 is 0 Å². The fourth-order valence-corrected chi connectivity index (χ4v) is 2.79. The predicted octanol–water partition coefficient (Wildman–Crippen LogP) is 4.76. The maximum atomic E-state index is 10.4. The fraction of sp³-hybridized carbons (Fsp3) is 0.286. The molecule has 0 saturated heterocycles. The van der Waals surface area contributed by atoms with Gasteiger partial charge >= 0.3 is 0 Å². The maximum Gasteiger partial charge on any atom is 0.138 e. The molecular weight excluding hydrogens is 360 g/mol. The van der Waals surface area contributed by atoms with Gasteiger partial charge in [-0.15, -0.1) is 0 Å². The minimum atomic E-state index is -0.753. The number of furan rings is 1. The molecule has 96 valence electrons. The van der Waals surface area contributed by atoms with Gasteiger partial charge in [-0.05, 0) is 36.8 Å². The zero-order chi connectivity index (χ0) is 13.3. The highest BCUT2D eigenvalue weighted by Gasteiger charge is 2.18. The Labute approximate surface area is 123 Å². The van der Waals surface area contributed by atoms with Gasteiger partial charge in [0.25, 0.3) is 0 Å². The van der Waals surface area contributed by atoms with Crippen molar-refractivity contribution in [2.75, 3.05) is 0 Å². The second kappa shape index (κ2) is 5.59. The SMILES string of the molecule is CCc1ccc(C(O)c2cc(Br)c(C)cc2Br)o1. The Morgan fingerprint density at radius 1 is 1.22 bits per heavy atom. The van der Waals surface area contributed by atoms with Crippen molar-refractivity contribution in [2.45, 2.75) is 26.4 Å². The molecule has 0 spiro atoms. The lowest BCUT2D eigenvalue weighted by Gasteiger charge is -2.12. The molecule has 0 saturated carbocycles. The first-order valence-electron chi connectivity index (χ1n) is 5.75. The van der Waals surface area contributed by atoms with E-state index in [1.807, 2.05) is 38.1 Å². The molecule has 2 nitrogen and oxygen atoms in total. The minimum absolute atomic E-state index is 0.573. The lowest BCUT2D eigenvalue weighted by molar-refractivity contribution is 0.186. The number of aryl methyl sites for hydroxylation is 2. The van der Waals surface area contributed by atoms with Crippen LogP contribution in [0.4, 0.5) is 0 Å². The van der Waals surface area contributed by atoms with Crippen LogP contribution in [0.25, 0.3) is 0 Å². The molecule has 1 atom stereocenters. The molecule has 1 aromatic heterocycles. The third-order valence-corrected chi connectivity index (χ3v) is 4.41. The predicted molar refractivity (Wildman–Crippen MR) is 78.7 cm³/mol. The van der Waals surface area contributed by atoms with E-state index in [1.54, 1.807) is 0 Å². The first kappa shape index (κ1) is 13.8. The monoisotopic (exact) mass is 372 g/mol. The van der Waals surface area contributed by atoms with Crippen LogP contribution in [0.3, 0.4) is 0 Å². The van der Waals surface area contributed by atoms with Crippen LogP contribution in [-0.2, 0) is 6.42 Å². The summed E-state index contributed by atoms with van der Waals surface area (Å²) in [6.07, 6.45) is 0.0717. The van der Waals surface area contributed by atoms with Gasteiger partial charge in [-0.3, -0.25) is 0 Å². The van der Waals surface area contributed by atoms with E-state index in [4.69, 9.17) is 4.42 Å². The third-order valence-electron chi connectivity index (χ3n) is 2.87. The quantitative estimate of drug-likeness (QED) is 0.841. The highest BCUT2D eigenvalue weighted by molar-refractivity contribution is 9.11. The zero-order valence-corrected chi connectivity index (χ0v) is 13.4. The first-order valence-corrected chi connectivity index (χ1v) is 7.33. The average Bonchev–Trinajstić information content (AvgIpc) is 2.81. The molecule has 0 fully saturated rings. The van der Waals surface area contributed by atoms with Crippen LogP contribution >= 0.6 is 31.9 Å². The van der Waals surface area contributed by atoms with Gasteiger partial charge in [-0.25, -0.2) is 0 Å². The van der Waals surface area contributed by atoms with E-state index in [-0.39, 0.29) is 0 Å². The number of aliphatic hydroxyl groups is 1. The van der Waals surface area contributed by atoms with Crippen LogP contribution in [0.5, 0.6) is 0 Å². The Morgan fingerprint density at radius 3 is 2.56 bits per heavy atom. The summed E-state index contributed by atoms with van der Waals surface area (Å²) < 4.78 is 7.44. The Balaban J connectivity index is 2.39. The standard InChI is InChI=1S/C14H14Br2O2/c1-3-9-4-5-13(18-9)14(17)10-7-11(15)8(2)6-12(10)16/h4-7,14,17H,3H2,1-2H3. The summed E-state index contributed by atoms with van der Waals surface area (Å²) in [6, 6.07) is 7.62. The third kappa shape index (κ3) is 2.71. The molecule has 1 unspecified atom stereocenters. The van der Waals surface area contributed by atoms with Gasteiger partial charge < -0.3 is 9.52 Å². The van der Waals surface area contributed by atoms with E-state index in [1.165, 1.54) is 0 Å². The van der Waals surface area contributed by atoms with Crippen LogP contribution in [0.15, 0.2) is 37.6 Å². The summed E-state index contributed by atoms with van der Waals surface area (Å²) in [6.45, 7) is 4.03. The highest BCUT2D eigenvalue weighted by atomic mass is 79.9. The molecule has 1 heterocycles. The number of hydrogen-bond donors (Lipinski definition) is 1. The number of aliphatic hydroxyl groups excluding tert-OH is 1. The van der Waals surface area contributed by atoms with E-state index in [0.717, 1.165) is 32.3 Å². The van der Waals surface area contributed by atoms with Gasteiger partial charge in [0.05, 0.1) is 0 Å². The van der Waals surface area contributed by atoms with Crippen molar-refractivity contribution in [3.8, 4) is 0 Å². The Bertz CT molecular complexity index is 561. The van der Waals surface area contributed by atoms with Gasteiger partial charge in [0.15, 0.2) is 0 Å².